The summed E-state index contributed by atoms with van der Waals surface area (Å²) in [6.45, 7) is 4.05. The zero-order valence-corrected chi connectivity index (χ0v) is 16.6. The third-order valence-electron chi connectivity index (χ3n) is 4.28. The summed E-state index contributed by atoms with van der Waals surface area (Å²) in [4.78, 5) is 7.51. The molecular formula is C19H20BrN5O2. The number of halogens is 1. The van der Waals surface area contributed by atoms with Crippen molar-refractivity contribution >= 4 is 22.1 Å². The van der Waals surface area contributed by atoms with Crippen molar-refractivity contribution in [1.82, 2.24) is 20.1 Å². The van der Waals surface area contributed by atoms with E-state index in [-0.39, 0.29) is 0 Å². The van der Waals surface area contributed by atoms with E-state index >= 15 is 0 Å². The first-order valence-electron chi connectivity index (χ1n) is 8.93. The van der Waals surface area contributed by atoms with Gasteiger partial charge < -0.3 is 14.2 Å². The van der Waals surface area contributed by atoms with E-state index in [2.05, 4.69) is 43.1 Å². The molecule has 0 saturated carbocycles. The molecule has 8 heteroatoms. The van der Waals surface area contributed by atoms with E-state index in [1.807, 2.05) is 35.3 Å². The van der Waals surface area contributed by atoms with E-state index in [0.717, 1.165) is 53.6 Å². The van der Waals surface area contributed by atoms with Gasteiger partial charge in [-0.1, -0.05) is 18.5 Å². The molecule has 0 atom stereocenters. The van der Waals surface area contributed by atoms with Gasteiger partial charge in [0.15, 0.2) is 10.5 Å². The maximum atomic E-state index is 5.70. The first kappa shape index (κ1) is 17.8. The molecule has 0 aliphatic carbocycles. The summed E-state index contributed by atoms with van der Waals surface area (Å²) < 4.78 is 11.9. The van der Waals surface area contributed by atoms with Gasteiger partial charge in [0, 0.05) is 11.6 Å². The van der Waals surface area contributed by atoms with E-state index in [1.165, 1.54) is 0 Å². The molecule has 2 aromatic heterocycles. The SMILES string of the molecule is CCCCOc1ccc(-c2cc(CN3Cc4nc(Br)[nH]c4C=N3)on2)cc1. The highest BCUT2D eigenvalue weighted by atomic mass is 79.9. The Hall–Kier alpha value is -2.61. The second-order valence-electron chi connectivity index (χ2n) is 6.36. The van der Waals surface area contributed by atoms with Crippen molar-refractivity contribution < 1.29 is 9.26 Å². The Morgan fingerprint density at radius 1 is 1.30 bits per heavy atom. The number of fused-ring (bicyclic) bond motifs is 1. The van der Waals surface area contributed by atoms with Gasteiger partial charge in [-0.2, -0.15) is 5.10 Å². The Kier molecular flexibility index (Phi) is 5.24. The number of aromatic amines is 1. The van der Waals surface area contributed by atoms with Crippen LogP contribution >= 0.6 is 15.9 Å². The average molecular weight is 430 g/mol. The summed E-state index contributed by atoms with van der Waals surface area (Å²) in [7, 11) is 0. The summed E-state index contributed by atoms with van der Waals surface area (Å²) in [6.07, 6.45) is 3.95. The van der Waals surface area contributed by atoms with Gasteiger partial charge in [-0.3, -0.25) is 5.01 Å². The van der Waals surface area contributed by atoms with Gasteiger partial charge in [0.2, 0.25) is 0 Å². The molecule has 0 fully saturated rings. The molecule has 0 unspecified atom stereocenters. The number of hydrogen-bond acceptors (Lipinski definition) is 6. The lowest BCUT2D eigenvalue weighted by Crippen LogP contribution is -2.21. The number of hydrazone groups is 1. The van der Waals surface area contributed by atoms with Gasteiger partial charge in [-0.15, -0.1) is 0 Å². The van der Waals surface area contributed by atoms with E-state index in [0.29, 0.717) is 17.8 Å². The number of hydrogen-bond donors (Lipinski definition) is 1. The first-order chi connectivity index (χ1) is 13.2. The number of aromatic nitrogens is 3. The third-order valence-corrected chi connectivity index (χ3v) is 4.65. The molecule has 1 aliphatic heterocycles. The molecule has 4 rings (SSSR count). The largest absolute Gasteiger partial charge is 0.494 e. The molecule has 140 valence electrons. The van der Waals surface area contributed by atoms with Gasteiger partial charge in [-0.05, 0) is 46.6 Å². The van der Waals surface area contributed by atoms with Crippen LogP contribution in [0.4, 0.5) is 0 Å². The number of nitrogens with one attached hydrogen (secondary N) is 1. The Balaban J connectivity index is 1.39. The smallest absolute Gasteiger partial charge is 0.175 e. The fraction of sp³-hybridized carbons (Fsp3) is 0.316. The summed E-state index contributed by atoms with van der Waals surface area (Å²) in [5, 5.41) is 10.5. The van der Waals surface area contributed by atoms with Crippen LogP contribution in [-0.2, 0) is 13.1 Å². The normalized spacial score (nSPS) is 13.0. The Morgan fingerprint density at radius 3 is 2.96 bits per heavy atom. The summed E-state index contributed by atoms with van der Waals surface area (Å²) in [6, 6.07) is 9.86. The highest BCUT2D eigenvalue weighted by Crippen LogP contribution is 2.24. The second-order valence-corrected chi connectivity index (χ2v) is 7.11. The minimum atomic E-state index is 0.533. The highest BCUT2D eigenvalue weighted by Gasteiger charge is 2.18. The molecule has 3 aromatic rings. The van der Waals surface area contributed by atoms with Crippen molar-refractivity contribution in [2.45, 2.75) is 32.9 Å². The van der Waals surface area contributed by atoms with Crippen LogP contribution in [-0.4, -0.2) is 33.0 Å². The number of rotatable bonds is 7. The van der Waals surface area contributed by atoms with E-state index in [1.54, 1.807) is 6.21 Å². The lowest BCUT2D eigenvalue weighted by molar-refractivity contribution is 0.229. The number of ether oxygens (including phenoxy) is 1. The Morgan fingerprint density at radius 2 is 2.15 bits per heavy atom. The summed E-state index contributed by atoms with van der Waals surface area (Å²) in [5.41, 5.74) is 3.68. The fourth-order valence-corrected chi connectivity index (χ4v) is 3.25. The topological polar surface area (TPSA) is 79.5 Å². The van der Waals surface area contributed by atoms with Crippen LogP contribution in [0.15, 0.2) is 44.7 Å². The summed E-state index contributed by atoms with van der Waals surface area (Å²) >= 11 is 3.35. The molecule has 0 radical (unpaired) electrons. The average Bonchev–Trinajstić information content (AvgIpc) is 3.28. The standard InChI is InChI=1S/C19H20BrN5O2/c1-2-3-8-26-14-6-4-13(5-7-14)16-9-15(27-24-16)11-25-12-18-17(10-21-25)22-19(20)23-18/h4-7,9-10H,2-3,8,11-12H2,1H3,(H,22,23). The predicted octanol–water partition coefficient (Wildman–Crippen LogP) is 4.36. The second kappa shape index (κ2) is 7.96. The van der Waals surface area contributed by atoms with Crippen molar-refractivity contribution in [1.29, 1.82) is 0 Å². The molecule has 3 heterocycles. The Labute approximate surface area is 165 Å². The number of nitrogens with zero attached hydrogens (tertiary/aromatic N) is 4. The van der Waals surface area contributed by atoms with Crippen LogP contribution in [0, 0.1) is 0 Å². The van der Waals surface area contributed by atoms with Crippen molar-refractivity contribution in [2.75, 3.05) is 6.61 Å². The van der Waals surface area contributed by atoms with Crippen molar-refractivity contribution in [3.8, 4) is 17.0 Å². The van der Waals surface area contributed by atoms with E-state index in [9.17, 15) is 0 Å². The molecule has 7 nitrogen and oxygen atoms in total. The molecule has 1 aromatic carbocycles. The molecule has 0 spiro atoms. The molecular weight excluding hydrogens is 410 g/mol. The quantitative estimate of drug-likeness (QED) is 0.564. The Bertz CT molecular complexity index is 932. The van der Waals surface area contributed by atoms with Crippen LogP contribution in [0.2, 0.25) is 0 Å². The van der Waals surface area contributed by atoms with E-state index in [4.69, 9.17) is 9.26 Å². The van der Waals surface area contributed by atoms with Gasteiger partial charge >= 0.3 is 0 Å². The fourth-order valence-electron chi connectivity index (χ4n) is 2.83. The van der Waals surface area contributed by atoms with Crippen molar-refractivity contribution in [3.05, 3.63) is 52.2 Å². The number of unbranched alkanes of at least 4 members (excludes halogenated alkanes) is 1. The monoisotopic (exact) mass is 429 g/mol. The number of H-pyrrole nitrogens is 1. The van der Waals surface area contributed by atoms with Crippen molar-refractivity contribution in [3.63, 3.8) is 0 Å². The van der Waals surface area contributed by atoms with Crippen LogP contribution in [0.1, 0.15) is 36.9 Å². The zero-order chi connectivity index (χ0) is 18.6. The van der Waals surface area contributed by atoms with Crippen LogP contribution in [0.25, 0.3) is 11.3 Å². The third kappa shape index (κ3) is 4.21. The maximum Gasteiger partial charge on any atom is 0.175 e. The first-order valence-corrected chi connectivity index (χ1v) is 9.72. The lowest BCUT2D eigenvalue weighted by Gasteiger charge is -2.19. The van der Waals surface area contributed by atoms with Crippen molar-refractivity contribution in [2.24, 2.45) is 5.10 Å². The molecule has 1 N–H and O–H groups in total. The molecule has 1 aliphatic rings. The van der Waals surface area contributed by atoms with Gasteiger partial charge in [-0.25, -0.2) is 4.98 Å². The van der Waals surface area contributed by atoms with Gasteiger partial charge in [0.1, 0.15) is 11.4 Å². The molecule has 0 bridgehead atoms. The minimum Gasteiger partial charge on any atom is -0.494 e. The lowest BCUT2D eigenvalue weighted by atomic mass is 10.1. The van der Waals surface area contributed by atoms with Crippen LogP contribution in [0.5, 0.6) is 5.75 Å². The number of benzene rings is 1. The number of imidazole rings is 1. The molecule has 27 heavy (non-hydrogen) atoms. The zero-order valence-electron chi connectivity index (χ0n) is 15.0. The van der Waals surface area contributed by atoms with Crippen LogP contribution in [0.3, 0.4) is 0 Å². The maximum absolute atomic E-state index is 5.70. The molecule has 0 amide bonds. The van der Waals surface area contributed by atoms with Gasteiger partial charge in [0.25, 0.3) is 0 Å². The predicted molar refractivity (Wildman–Crippen MR) is 105 cm³/mol. The van der Waals surface area contributed by atoms with E-state index < -0.39 is 0 Å². The minimum absolute atomic E-state index is 0.533. The highest BCUT2D eigenvalue weighted by molar-refractivity contribution is 9.10. The molecule has 0 saturated heterocycles. The van der Waals surface area contributed by atoms with Gasteiger partial charge in [0.05, 0.1) is 37.3 Å². The van der Waals surface area contributed by atoms with Crippen LogP contribution < -0.4 is 4.74 Å². The summed E-state index contributed by atoms with van der Waals surface area (Å²) in [5.74, 6) is 1.63.